The minimum absolute atomic E-state index is 0.137. The fourth-order valence-corrected chi connectivity index (χ4v) is 3.33. The van der Waals surface area contributed by atoms with Gasteiger partial charge in [0.1, 0.15) is 0 Å². The Labute approximate surface area is 113 Å². The molecule has 0 aliphatic carbocycles. The molecule has 1 unspecified atom stereocenters. The summed E-state index contributed by atoms with van der Waals surface area (Å²) in [7, 11) is -0.654. The van der Waals surface area contributed by atoms with E-state index in [0.717, 1.165) is 9.87 Å². The molecule has 1 atom stereocenters. The highest BCUT2D eigenvalue weighted by Crippen LogP contribution is 2.34. The third-order valence-electron chi connectivity index (χ3n) is 3.23. The van der Waals surface area contributed by atoms with Crippen LogP contribution in [0.1, 0.15) is 18.5 Å². The van der Waals surface area contributed by atoms with Crippen LogP contribution < -0.4 is 0 Å². The summed E-state index contributed by atoms with van der Waals surface area (Å²) >= 11 is 0. The van der Waals surface area contributed by atoms with Crippen molar-refractivity contribution >= 4 is 16.0 Å². The van der Waals surface area contributed by atoms with Crippen LogP contribution >= 0.6 is 0 Å². The molecule has 1 heterocycles. The number of ketones is 1. The Hall–Kier alpha value is -1.66. The van der Waals surface area contributed by atoms with E-state index < -0.39 is 16.3 Å². The SMILES string of the molecule is CC(=O)C1=CN(C)S(=O)(=O)N(C)C1c1ccccc1. The van der Waals surface area contributed by atoms with Crippen LogP contribution in [0, 0.1) is 0 Å². The minimum atomic E-state index is -3.57. The molecular weight excluding hydrogens is 264 g/mol. The van der Waals surface area contributed by atoms with Gasteiger partial charge in [0, 0.05) is 25.9 Å². The Bertz CT molecular complexity index is 623. The number of carbonyl (C=O) groups is 1. The van der Waals surface area contributed by atoms with Crippen LogP contribution in [0.5, 0.6) is 0 Å². The van der Waals surface area contributed by atoms with Gasteiger partial charge in [-0.1, -0.05) is 30.3 Å². The van der Waals surface area contributed by atoms with Crippen molar-refractivity contribution in [3.63, 3.8) is 0 Å². The summed E-state index contributed by atoms with van der Waals surface area (Å²) in [5.41, 5.74) is 1.24. The quantitative estimate of drug-likeness (QED) is 0.821. The molecule has 102 valence electrons. The third-order valence-corrected chi connectivity index (χ3v) is 5.00. The standard InChI is InChI=1S/C13H16N2O3S/c1-10(16)12-9-14(2)19(17,18)15(3)13(12)11-7-5-4-6-8-11/h4-9,13H,1-3H3. The fraction of sp³-hybridized carbons (Fsp3) is 0.308. The fourth-order valence-electron chi connectivity index (χ4n) is 2.17. The maximum absolute atomic E-state index is 12.2. The zero-order chi connectivity index (χ0) is 14.2. The molecule has 2 rings (SSSR count). The van der Waals surface area contributed by atoms with Crippen LogP contribution in [-0.4, -0.2) is 36.9 Å². The second-order valence-electron chi connectivity index (χ2n) is 4.49. The number of carbonyl (C=O) groups excluding carboxylic acids is 1. The summed E-state index contributed by atoms with van der Waals surface area (Å²) in [6, 6.07) is 8.57. The molecule has 6 heteroatoms. The highest BCUT2D eigenvalue weighted by atomic mass is 32.2. The average Bonchev–Trinajstić information content (AvgIpc) is 2.37. The van der Waals surface area contributed by atoms with Gasteiger partial charge in [-0.3, -0.25) is 9.10 Å². The Balaban J connectivity index is 2.61. The van der Waals surface area contributed by atoms with Gasteiger partial charge in [-0.2, -0.15) is 12.7 Å². The first-order valence-corrected chi connectivity index (χ1v) is 7.24. The average molecular weight is 280 g/mol. The monoisotopic (exact) mass is 280 g/mol. The predicted octanol–water partition coefficient (Wildman–Crippen LogP) is 1.32. The van der Waals surface area contributed by atoms with E-state index in [1.807, 2.05) is 30.3 Å². The lowest BCUT2D eigenvalue weighted by molar-refractivity contribution is -0.114. The lowest BCUT2D eigenvalue weighted by atomic mass is 9.97. The summed E-state index contributed by atoms with van der Waals surface area (Å²) in [5, 5.41) is 0. The van der Waals surface area contributed by atoms with Crippen LogP contribution in [0.3, 0.4) is 0 Å². The highest BCUT2D eigenvalue weighted by molar-refractivity contribution is 7.86. The van der Waals surface area contributed by atoms with Crippen LogP contribution in [-0.2, 0) is 15.0 Å². The van der Waals surface area contributed by atoms with Gasteiger partial charge >= 0.3 is 10.2 Å². The molecule has 1 aliphatic heterocycles. The molecule has 0 saturated carbocycles. The van der Waals surface area contributed by atoms with Gasteiger partial charge in [-0.25, -0.2) is 0 Å². The zero-order valence-corrected chi connectivity index (χ0v) is 11.9. The normalized spacial score (nSPS) is 23.0. The predicted molar refractivity (Wildman–Crippen MR) is 72.4 cm³/mol. The summed E-state index contributed by atoms with van der Waals surface area (Å²) in [6.07, 6.45) is 1.40. The Morgan fingerprint density at radius 1 is 1.16 bits per heavy atom. The highest BCUT2D eigenvalue weighted by Gasteiger charge is 2.38. The largest absolute Gasteiger partial charge is 0.303 e. The summed E-state index contributed by atoms with van der Waals surface area (Å²) in [4.78, 5) is 11.8. The topological polar surface area (TPSA) is 57.7 Å². The number of benzene rings is 1. The van der Waals surface area contributed by atoms with Gasteiger partial charge in [0.05, 0.1) is 6.04 Å². The van der Waals surface area contributed by atoms with Crippen LogP contribution in [0.4, 0.5) is 0 Å². The van der Waals surface area contributed by atoms with Crippen molar-refractivity contribution in [3.05, 3.63) is 47.7 Å². The number of hydrogen-bond donors (Lipinski definition) is 0. The maximum Gasteiger partial charge on any atom is 0.303 e. The van der Waals surface area contributed by atoms with Crippen LogP contribution in [0.2, 0.25) is 0 Å². The van der Waals surface area contributed by atoms with E-state index in [2.05, 4.69) is 0 Å². The molecule has 0 bridgehead atoms. The first-order chi connectivity index (χ1) is 8.85. The van der Waals surface area contributed by atoms with Crippen molar-refractivity contribution in [2.75, 3.05) is 14.1 Å². The van der Waals surface area contributed by atoms with Gasteiger partial charge in [-0.05, 0) is 12.5 Å². The summed E-state index contributed by atoms with van der Waals surface area (Å²) < 4.78 is 26.6. The molecule has 1 aromatic carbocycles. The van der Waals surface area contributed by atoms with Crippen molar-refractivity contribution in [3.8, 4) is 0 Å². The van der Waals surface area contributed by atoms with Crippen molar-refractivity contribution in [1.29, 1.82) is 0 Å². The van der Waals surface area contributed by atoms with Gasteiger partial charge < -0.3 is 0 Å². The second kappa shape index (κ2) is 4.79. The van der Waals surface area contributed by atoms with Gasteiger partial charge in [0.15, 0.2) is 5.78 Å². The van der Waals surface area contributed by atoms with Gasteiger partial charge in [0.2, 0.25) is 0 Å². The molecule has 0 amide bonds. The molecule has 19 heavy (non-hydrogen) atoms. The lowest BCUT2D eigenvalue weighted by Gasteiger charge is -2.36. The molecule has 5 nitrogen and oxygen atoms in total. The number of hydrogen-bond acceptors (Lipinski definition) is 3. The Kier molecular flexibility index (Phi) is 3.47. The smallest absolute Gasteiger partial charge is 0.295 e. The number of likely N-dealkylation sites (N-methyl/N-ethyl adjacent to an activating group) is 1. The van der Waals surface area contributed by atoms with E-state index in [-0.39, 0.29) is 5.78 Å². The van der Waals surface area contributed by atoms with E-state index >= 15 is 0 Å². The van der Waals surface area contributed by atoms with Crippen LogP contribution in [0.15, 0.2) is 42.1 Å². The molecular formula is C13H16N2O3S. The van der Waals surface area contributed by atoms with E-state index in [4.69, 9.17) is 0 Å². The van der Waals surface area contributed by atoms with Crippen LogP contribution in [0.25, 0.3) is 0 Å². The second-order valence-corrected chi connectivity index (χ2v) is 6.54. The van der Waals surface area contributed by atoms with Gasteiger partial charge in [0.25, 0.3) is 0 Å². The first kappa shape index (κ1) is 13.8. The Morgan fingerprint density at radius 2 is 1.74 bits per heavy atom. The van der Waals surface area contributed by atoms with Crippen molar-refractivity contribution in [1.82, 2.24) is 8.61 Å². The zero-order valence-electron chi connectivity index (χ0n) is 11.1. The first-order valence-electron chi connectivity index (χ1n) is 5.84. The third kappa shape index (κ3) is 2.29. The minimum Gasteiger partial charge on any atom is -0.295 e. The molecule has 0 aromatic heterocycles. The van der Waals surface area contributed by atoms with E-state index in [0.29, 0.717) is 5.57 Å². The van der Waals surface area contributed by atoms with Gasteiger partial charge in [-0.15, -0.1) is 0 Å². The van der Waals surface area contributed by atoms with Crippen molar-refractivity contribution < 1.29 is 13.2 Å². The van der Waals surface area contributed by atoms with Crippen molar-refractivity contribution in [2.45, 2.75) is 13.0 Å². The number of nitrogens with zero attached hydrogens (tertiary/aromatic N) is 2. The molecule has 0 fully saturated rings. The molecule has 0 N–H and O–H groups in total. The molecule has 0 saturated heterocycles. The lowest BCUT2D eigenvalue weighted by Crippen LogP contribution is -2.44. The molecule has 1 aliphatic rings. The van der Waals surface area contributed by atoms with E-state index in [1.165, 1.54) is 31.5 Å². The van der Waals surface area contributed by atoms with E-state index in [9.17, 15) is 13.2 Å². The van der Waals surface area contributed by atoms with Crippen molar-refractivity contribution in [2.24, 2.45) is 0 Å². The molecule has 0 radical (unpaired) electrons. The summed E-state index contributed by atoms with van der Waals surface area (Å²) in [6.45, 7) is 1.45. The number of rotatable bonds is 2. The summed E-state index contributed by atoms with van der Waals surface area (Å²) in [5.74, 6) is -0.137. The molecule has 0 spiro atoms. The van der Waals surface area contributed by atoms with E-state index in [1.54, 1.807) is 0 Å². The Morgan fingerprint density at radius 3 is 2.26 bits per heavy atom. The maximum atomic E-state index is 12.2. The molecule has 1 aromatic rings. The number of Topliss-reactive ketones (excluding diaryl/α,β-unsaturated/α-hetero) is 1.